The van der Waals surface area contributed by atoms with E-state index in [4.69, 9.17) is 5.73 Å². The van der Waals surface area contributed by atoms with Crippen molar-refractivity contribution in [3.05, 3.63) is 24.3 Å². The predicted molar refractivity (Wildman–Crippen MR) is 99.5 cm³/mol. The van der Waals surface area contributed by atoms with Gasteiger partial charge in [-0.1, -0.05) is 26.0 Å². The molecular weight excluding hydrogens is 340 g/mol. The van der Waals surface area contributed by atoms with E-state index in [1.54, 1.807) is 0 Å². The summed E-state index contributed by atoms with van der Waals surface area (Å²) in [7, 11) is 0. The fourth-order valence-corrected chi connectivity index (χ4v) is 2.90. The number of nitrogens with one attached hydrogen (secondary N) is 1. The molecule has 0 atom stereocenters. The lowest BCUT2D eigenvalue weighted by molar-refractivity contribution is -0.125. The Hall–Kier alpha value is -1.99. The fraction of sp³-hybridized carbons (Fsp3) is 0.529. The second kappa shape index (κ2) is 7.93. The zero-order valence-corrected chi connectivity index (χ0v) is 15.4. The van der Waals surface area contributed by atoms with Crippen molar-refractivity contribution in [1.29, 1.82) is 0 Å². The summed E-state index contributed by atoms with van der Waals surface area (Å²) in [6, 6.07) is 8.04. The Morgan fingerprint density at radius 2 is 2.08 bits per heavy atom. The number of nitrogens with zero attached hydrogens (tertiary/aromatic N) is 4. The summed E-state index contributed by atoms with van der Waals surface area (Å²) in [4.78, 5) is 12.7. The number of amides is 1. The molecule has 0 radical (unpaired) electrons. The highest BCUT2D eigenvalue weighted by Crippen LogP contribution is 2.37. The van der Waals surface area contributed by atoms with Crippen LogP contribution in [0.2, 0.25) is 0 Å². The molecule has 0 unspecified atom stereocenters. The number of carbonyl (C=O) groups is 1. The van der Waals surface area contributed by atoms with Crippen molar-refractivity contribution in [2.75, 3.05) is 11.9 Å². The van der Waals surface area contributed by atoms with Crippen LogP contribution in [0.15, 0.2) is 24.3 Å². The average Bonchev–Trinajstić information content (AvgIpc) is 3.34. The van der Waals surface area contributed by atoms with Gasteiger partial charge in [0, 0.05) is 17.8 Å². The maximum absolute atomic E-state index is 12.7. The first kappa shape index (κ1) is 19.3. The van der Waals surface area contributed by atoms with Crippen molar-refractivity contribution in [1.82, 2.24) is 20.2 Å². The van der Waals surface area contributed by atoms with Crippen LogP contribution in [0.1, 0.15) is 45.6 Å². The molecular formula is C17H25ClN6O. The Morgan fingerprint density at radius 1 is 1.36 bits per heavy atom. The summed E-state index contributed by atoms with van der Waals surface area (Å²) in [6.07, 6.45) is 3.65. The Bertz CT molecular complexity index is 715. The lowest BCUT2D eigenvalue weighted by atomic mass is 9.81. The summed E-state index contributed by atoms with van der Waals surface area (Å²) in [5.41, 5.74) is 6.98. The van der Waals surface area contributed by atoms with E-state index in [0.717, 1.165) is 29.9 Å². The molecule has 0 bridgehead atoms. The van der Waals surface area contributed by atoms with Gasteiger partial charge < -0.3 is 11.1 Å². The Morgan fingerprint density at radius 3 is 2.68 bits per heavy atom. The number of nitrogens with two attached hydrogens (primary N) is 1. The summed E-state index contributed by atoms with van der Waals surface area (Å²) in [5.74, 6) is 0.707. The third-order valence-corrected chi connectivity index (χ3v) is 4.99. The number of hydrogen-bond donors (Lipinski definition) is 2. The molecule has 7 nitrogen and oxygen atoms in total. The van der Waals surface area contributed by atoms with Gasteiger partial charge in [-0.05, 0) is 48.2 Å². The van der Waals surface area contributed by atoms with Gasteiger partial charge in [-0.25, -0.2) is 4.68 Å². The van der Waals surface area contributed by atoms with E-state index in [-0.39, 0.29) is 18.3 Å². The van der Waals surface area contributed by atoms with Crippen LogP contribution in [0.4, 0.5) is 5.69 Å². The largest absolute Gasteiger partial charge is 0.329 e. The van der Waals surface area contributed by atoms with E-state index < -0.39 is 5.41 Å². The standard InChI is InChI=1S/C17H24N6O.ClH/c1-3-17(4-2,11-18)16(24)19-13-7-5-6-12(10-13)15-20-21-22-23(15)14-8-9-14;/h5-7,10,14H,3-4,8-9,11,18H2,1-2H3,(H,19,24);1H. The second-order valence-corrected chi connectivity index (χ2v) is 6.40. The molecule has 2 aromatic rings. The number of rotatable bonds is 7. The molecule has 1 amide bonds. The number of halogens is 1. The number of aromatic nitrogens is 4. The molecule has 0 aliphatic heterocycles. The van der Waals surface area contributed by atoms with Gasteiger partial charge in [-0.2, -0.15) is 0 Å². The lowest BCUT2D eigenvalue weighted by Crippen LogP contribution is -2.41. The SMILES string of the molecule is CCC(CC)(CN)C(=O)Nc1cccc(-c2nnnn2C2CC2)c1.Cl. The van der Waals surface area contributed by atoms with Crippen LogP contribution in [0.25, 0.3) is 11.4 Å². The van der Waals surface area contributed by atoms with Gasteiger partial charge in [0.2, 0.25) is 5.91 Å². The molecule has 136 valence electrons. The van der Waals surface area contributed by atoms with Crippen molar-refractivity contribution in [3.63, 3.8) is 0 Å². The summed E-state index contributed by atoms with van der Waals surface area (Å²) < 4.78 is 1.86. The third-order valence-electron chi connectivity index (χ3n) is 4.99. The first-order valence-corrected chi connectivity index (χ1v) is 8.53. The van der Waals surface area contributed by atoms with Crippen LogP contribution in [-0.4, -0.2) is 32.7 Å². The summed E-state index contributed by atoms with van der Waals surface area (Å²) in [5, 5.41) is 15.0. The topological polar surface area (TPSA) is 98.7 Å². The number of anilines is 1. The summed E-state index contributed by atoms with van der Waals surface area (Å²) in [6.45, 7) is 4.33. The van der Waals surface area contributed by atoms with Gasteiger partial charge in [-0.3, -0.25) is 4.79 Å². The fourth-order valence-electron chi connectivity index (χ4n) is 2.90. The molecule has 1 fully saturated rings. The van der Waals surface area contributed by atoms with Crippen molar-refractivity contribution >= 4 is 24.0 Å². The predicted octanol–water partition coefficient (Wildman–Crippen LogP) is 2.80. The smallest absolute Gasteiger partial charge is 0.231 e. The summed E-state index contributed by atoms with van der Waals surface area (Å²) >= 11 is 0. The Kier molecular flexibility index (Phi) is 6.13. The van der Waals surface area contributed by atoms with E-state index in [2.05, 4.69) is 20.8 Å². The minimum Gasteiger partial charge on any atom is -0.329 e. The van der Waals surface area contributed by atoms with E-state index in [1.807, 2.05) is 42.8 Å². The molecule has 1 aromatic carbocycles. The van der Waals surface area contributed by atoms with Crippen molar-refractivity contribution in [3.8, 4) is 11.4 Å². The molecule has 1 aromatic heterocycles. The Labute approximate surface area is 153 Å². The monoisotopic (exact) mass is 364 g/mol. The van der Waals surface area contributed by atoms with Gasteiger partial charge in [0.15, 0.2) is 5.82 Å². The third kappa shape index (κ3) is 3.82. The molecule has 25 heavy (non-hydrogen) atoms. The van der Waals surface area contributed by atoms with Gasteiger partial charge in [0.25, 0.3) is 0 Å². The van der Waals surface area contributed by atoms with Crippen molar-refractivity contribution in [2.24, 2.45) is 11.1 Å². The van der Waals surface area contributed by atoms with E-state index in [1.165, 1.54) is 0 Å². The second-order valence-electron chi connectivity index (χ2n) is 6.40. The number of tetrazole rings is 1. The van der Waals surface area contributed by atoms with E-state index in [9.17, 15) is 4.79 Å². The van der Waals surface area contributed by atoms with Crippen LogP contribution in [0.5, 0.6) is 0 Å². The highest BCUT2D eigenvalue weighted by Gasteiger charge is 2.33. The number of carbonyl (C=O) groups excluding carboxylic acids is 1. The normalized spacial score (nSPS) is 14.0. The zero-order chi connectivity index (χ0) is 17.2. The van der Waals surface area contributed by atoms with Crippen molar-refractivity contribution in [2.45, 2.75) is 45.6 Å². The van der Waals surface area contributed by atoms with Gasteiger partial charge in [0.05, 0.1) is 11.5 Å². The first-order chi connectivity index (χ1) is 11.6. The van der Waals surface area contributed by atoms with Crippen LogP contribution >= 0.6 is 12.4 Å². The maximum Gasteiger partial charge on any atom is 0.231 e. The highest BCUT2D eigenvalue weighted by molar-refractivity contribution is 5.95. The first-order valence-electron chi connectivity index (χ1n) is 8.53. The van der Waals surface area contributed by atoms with Crippen LogP contribution in [-0.2, 0) is 4.79 Å². The molecule has 0 spiro atoms. The van der Waals surface area contributed by atoms with E-state index in [0.29, 0.717) is 25.4 Å². The minimum atomic E-state index is -0.522. The quantitative estimate of drug-likeness (QED) is 0.787. The van der Waals surface area contributed by atoms with Crippen LogP contribution in [0, 0.1) is 5.41 Å². The van der Waals surface area contributed by atoms with Crippen LogP contribution in [0.3, 0.4) is 0 Å². The molecule has 0 saturated heterocycles. The molecule has 1 aliphatic carbocycles. The van der Waals surface area contributed by atoms with Gasteiger partial charge in [0.1, 0.15) is 0 Å². The molecule has 3 N–H and O–H groups in total. The Balaban J connectivity index is 0.00000225. The van der Waals surface area contributed by atoms with E-state index >= 15 is 0 Å². The maximum atomic E-state index is 12.7. The van der Waals surface area contributed by atoms with Gasteiger partial charge >= 0.3 is 0 Å². The van der Waals surface area contributed by atoms with Gasteiger partial charge in [-0.15, -0.1) is 17.5 Å². The number of hydrogen-bond acceptors (Lipinski definition) is 5. The molecule has 8 heteroatoms. The van der Waals surface area contributed by atoms with Crippen molar-refractivity contribution < 1.29 is 4.79 Å². The minimum absolute atomic E-state index is 0. The molecule has 1 saturated carbocycles. The highest BCUT2D eigenvalue weighted by atomic mass is 35.5. The molecule has 1 heterocycles. The average molecular weight is 365 g/mol. The lowest BCUT2D eigenvalue weighted by Gasteiger charge is -2.28. The zero-order valence-electron chi connectivity index (χ0n) is 14.6. The number of benzene rings is 1. The molecule has 3 rings (SSSR count). The van der Waals surface area contributed by atoms with Crippen LogP contribution < -0.4 is 11.1 Å². The molecule has 1 aliphatic rings.